The molecule has 0 aromatic heterocycles. The lowest BCUT2D eigenvalue weighted by Crippen LogP contribution is -2.29. The molecule has 0 fully saturated rings. The van der Waals surface area contributed by atoms with Crippen LogP contribution in [0, 0.1) is 11.3 Å². The summed E-state index contributed by atoms with van der Waals surface area (Å²) >= 11 is 0. The van der Waals surface area contributed by atoms with Gasteiger partial charge in [-0.05, 0) is 23.6 Å². The zero-order valence-corrected chi connectivity index (χ0v) is 12.5. The minimum atomic E-state index is -0.779. The minimum Gasteiger partial charge on any atom is -0.356 e. The standard InChI is InChI=1S/C19H21NO/c1-2-3-15-21-19(16-20)13-11-18(12-14-19)10-9-17-7-5-4-6-8-17/h4-13H,2-3,14-15H2,1H3. The Bertz CT molecular complexity index is 577. The van der Waals surface area contributed by atoms with Gasteiger partial charge < -0.3 is 4.74 Å². The summed E-state index contributed by atoms with van der Waals surface area (Å²) in [5.41, 5.74) is 1.51. The van der Waals surface area contributed by atoms with Crippen molar-refractivity contribution in [2.75, 3.05) is 6.61 Å². The number of hydrogen-bond donors (Lipinski definition) is 0. The van der Waals surface area contributed by atoms with E-state index in [0.717, 1.165) is 18.4 Å². The van der Waals surface area contributed by atoms with Crippen LogP contribution in [0.5, 0.6) is 0 Å². The van der Waals surface area contributed by atoms with E-state index >= 15 is 0 Å². The number of benzene rings is 1. The lowest BCUT2D eigenvalue weighted by atomic mass is 9.92. The van der Waals surface area contributed by atoms with Crippen molar-refractivity contribution in [3.8, 4) is 6.07 Å². The van der Waals surface area contributed by atoms with Crippen molar-refractivity contribution in [3.05, 3.63) is 65.8 Å². The van der Waals surface area contributed by atoms with E-state index in [1.165, 1.54) is 5.56 Å². The van der Waals surface area contributed by atoms with Gasteiger partial charge in [0.25, 0.3) is 0 Å². The van der Waals surface area contributed by atoms with Crippen molar-refractivity contribution in [2.24, 2.45) is 0 Å². The highest BCUT2D eigenvalue weighted by molar-refractivity contribution is 5.55. The predicted octanol–water partition coefficient (Wildman–Crippen LogP) is 4.67. The Morgan fingerprint density at radius 1 is 1.29 bits per heavy atom. The second-order valence-corrected chi connectivity index (χ2v) is 5.19. The fourth-order valence-electron chi connectivity index (χ4n) is 2.14. The van der Waals surface area contributed by atoms with Crippen molar-refractivity contribution in [1.29, 1.82) is 5.26 Å². The molecule has 1 aliphatic carbocycles. The lowest BCUT2D eigenvalue weighted by Gasteiger charge is -2.25. The molecule has 108 valence electrons. The van der Waals surface area contributed by atoms with Crippen molar-refractivity contribution >= 4 is 6.08 Å². The molecule has 0 radical (unpaired) electrons. The van der Waals surface area contributed by atoms with E-state index in [1.54, 1.807) is 0 Å². The van der Waals surface area contributed by atoms with Gasteiger partial charge in [-0.15, -0.1) is 0 Å². The topological polar surface area (TPSA) is 33.0 Å². The number of ether oxygens (including phenoxy) is 1. The molecule has 0 heterocycles. The molecule has 2 rings (SSSR count). The van der Waals surface area contributed by atoms with Gasteiger partial charge in [-0.3, -0.25) is 0 Å². The Kier molecular flexibility index (Phi) is 5.54. The minimum absolute atomic E-state index is 0.609. The molecule has 1 aromatic carbocycles. The maximum Gasteiger partial charge on any atom is 0.176 e. The monoisotopic (exact) mass is 279 g/mol. The second kappa shape index (κ2) is 7.61. The van der Waals surface area contributed by atoms with Crippen LogP contribution in [-0.2, 0) is 4.74 Å². The van der Waals surface area contributed by atoms with Gasteiger partial charge in [0, 0.05) is 13.0 Å². The van der Waals surface area contributed by atoms with E-state index in [-0.39, 0.29) is 0 Å². The Hall–Kier alpha value is -2.11. The first kappa shape index (κ1) is 15.3. The third-order valence-electron chi connectivity index (χ3n) is 3.50. The van der Waals surface area contributed by atoms with E-state index in [4.69, 9.17) is 4.74 Å². The second-order valence-electron chi connectivity index (χ2n) is 5.19. The number of unbranched alkanes of at least 4 members (excludes halogenated alkanes) is 1. The molecule has 1 unspecified atom stereocenters. The molecule has 0 saturated heterocycles. The summed E-state index contributed by atoms with van der Waals surface area (Å²) in [4.78, 5) is 0. The van der Waals surface area contributed by atoms with Crippen molar-refractivity contribution in [2.45, 2.75) is 31.8 Å². The van der Waals surface area contributed by atoms with Crippen LogP contribution in [0.3, 0.4) is 0 Å². The third kappa shape index (κ3) is 4.44. The van der Waals surface area contributed by atoms with E-state index in [1.807, 2.05) is 30.4 Å². The summed E-state index contributed by atoms with van der Waals surface area (Å²) in [7, 11) is 0. The van der Waals surface area contributed by atoms with Gasteiger partial charge in [0.2, 0.25) is 0 Å². The Morgan fingerprint density at radius 3 is 2.71 bits per heavy atom. The fourth-order valence-corrected chi connectivity index (χ4v) is 2.14. The first-order valence-corrected chi connectivity index (χ1v) is 7.46. The predicted molar refractivity (Wildman–Crippen MR) is 86.5 cm³/mol. The summed E-state index contributed by atoms with van der Waals surface area (Å²) in [6.45, 7) is 2.75. The summed E-state index contributed by atoms with van der Waals surface area (Å²) in [6.07, 6.45) is 12.7. The smallest absolute Gasteiger partial charge is 0.176 e. The van der Waals surface area contributed by atoms with Crippen LogP contribution >= 0.6 is 0 Å². The highest BCUT2D eigenvalue weighted by atomic mass is 16.5. The van der Waals surface area contributed by atoms with Crippen LogP contribution in [0.1, 0.15) is 31.7 Å². The van der Waals surface area contributed by atoms with Crippen molar-refractivity contribution < 1.29 is 4.74 Å². The fraction of sp³-hybridized carbons (Fsp3) is 0.316. The average molecular weight is 279 g/mol. The van der Waals surface area contributed by atoms with Crippen LogP contribution in [-0.4, -0.2) is 12.2 Å². The van der Waals surface area contributed by atoms with Gasteiger partial charge in [-0.25, -0.2) is 0 Å². The molecule has 0 spiro atoms. The Labute approximate surface area is 127 Å². The molecule has 0 amide bonds. The maximum atomic E-state index is 9.36. The zero-order chi connectivity index (χ0) is 15.0. The molecule has 0 bridgehead atoms. The first-order chi connectivity index (χ1) is 10.3. The number of allylic oxidation sites excluding steroid dienone is 3. The molecule has 1 atom stereocenters. The van der Waals surface area contributed by atoms with Crippen LogP contribution in [0.2, 0.25) is 0 Å². The summed E-state index contributed by atoms with van der Waals surface area (Å²) < 4.78 is 5.75. The number of rotatable bonds is 6. The largest absolute Gasteiger partial charge is 0.356 e. The third-order valence-corrected chi connectivity index (χ3v) is 3.50. The SMILES string of the molecule is CCCCOC1(C#N)C=CC(C=Cc2ccccc2)=CC1. The molecule has 1 aliphatic rings. The highest BCUT2D eigenvalue weighted by Crippen LogP contribution is 2.25. The molecular formula is C19H21NO. The molecule has 0 saturated carbocycles. The normalized spacial score (nSPS) is 21.2. The first-order valence-electron chi connectivity index (χ1n) is 7.46. The summed E-state index contributed by atoms with van der Waals surface area (Å²) in [6, 6.07) is 12.5. The van der Waals surface area contributed by atoms with Gasteiger partial charge in [-0.2, -0.15) is 5.26 Å². The highest BCUT2D eigenvalue weighted by Gasteiger charge is 2.28. The van der Waals surface area contributed by atoms with Crippen LogP contribution in [0.15, 0.2) is 60.2 Å². The molecule has 21 heavy (non-hydrogen) atoms. The van der Waals surface area contributed by atoms with Crippen LogP contribution in [0.4, 0.5) is 0 Å². The number of hydrogen-bond acceptors (Lipinski definition) is 2. The zero-order valence-electron chi connectivity index (χ0n) is 12.5. The molecule has 1 aromatic rings. The van der Waals surface area contributed by atoms with Gasteiger partial charge in [0.1, 0.15) is 6.07 Å². The molecular weight excluding hydrogens is 258 g/mol. The van der Waals surface area contributed by atoms with Crippen LogP contribution in [0.25, 0.3) is 6.08 Å². The van der Waals surface area contributed by atoms with E-state index < -0.39 is 5.60 Å². The molecule has 0 N–H and O–H groups in total. The number of nitrogens with zero attached hydrogens (tertiary/aromatic N) is 1. The summed E-state index contributed by atoms with van der Waals surface area (Å²) in [5.74, 6) is 0. The van der Waals surface area contributed by atoms with Gasteiger partial charge >= 0.3 is 0 Å². The Balaban J connectivity index is 1.97. The average Bonchev–Trinajstić information content (AvgIpc) is 2.55. The number of nitriles is 1. The van der Waals surface area contributed by atoms with Crippen molar-refractivity contribution in [3.63, 3.8) is 0 Å². The van der Waals surface area contributed by atoms with Gasteiger partial charge in [0.15, 0.2) is 5.60 Å². The Morgan fingerprint density at radius 2 is 2.10 bits per heavy atom. The summed E-state index contributed by atoms with van der Waals surface area (Å²) in [5, 5.41) is 9.36. The molecule has 2 heteroatoms. The van der Waals surface area contributed by atoms with Crippen LogP contribution < -0.4 is 0 Å². The molecule has 2 nitrogen and oxygen atoms in total. The van der Waals surface area contributed by atoms with Gasteiger partial charge in [0.05, 0.1) is 0 Å². The van der Waals surface area contributed by atoms with E-state index in [9.17, 15) is 5.26 Å². The maximum absolute atomic E-state index is 9.36. The quantitative estimate of drug-likeness (QED) is 0.709. The van der Waals surface area contributed by atoms with Gasteiger partial charge in [-0.1, -0.05) is 68.0 Å². The van der Waals surface area contributed by atoms with E-state index in [0.29, 0.717) is 13.0 Å². The molecule has 0 aliphatic heterocycles. The van der Waals surface area contributed by atoms with E-state index in [2.05, 4.69) is 43.4 Å². The van der Waals surface area contributed by atoms with Crippen molar-refractivity contribution in [1.82, 2.24) is 0 Å². The lowest BCUT2D eigenvalue weighted by molar-refractivity contribution is 0.0327.